The number of sulfonamides is 1. The molecule has 8 heteroatoms. The summed E-state index contributed by atoms with van der Waals surface area (Å²) >= 11 is 0. The number of carboxylic acids is 1. The molecule has 0 aliphatic heterocycles. The molecule has 0 radical (unpaired) electrons. The summed E-state index contributed by atoms with van der Waals surface area (Å²) in [6.07, 6.45) is 0. The number of aryl methyl sites for hydroxylation is 1. The van der Waals surface area contributed by atoms with Crippen molar-refractivity contribution in [3.63, 3.8) is 0 Å². The van der Waals surface area contributed by atoms with Crippen LogP contribution in [0.1, 0.15) is 26.3 Å². The van der Waals surface area contributed by atoms with Crippen molar-refractivity contribution in [1.82, 2.24) is 4.90 Å². The molecule has 0 heterocycles. The Morgan fingerprint density at radius 2 is 1.56 bits per heavy atom. The number of carbonyl (C=O) groups is 2. The highest BCUT2D eigenvalue weighted by Crippen LogP contribution is 2.21. The molecule has 1 amide bonds. The maximum atomic E-state index is 12.5. The van der Waals surface area contributed by atoms with Gasteiger partial charge >= 0.3 is 5.97 Å². The molecule has 2 rings (SSSR count). The minimum Gasteiger partial charge on any atom is -0.478 e. The molecule has 2 N–H and O–H groups in total. The Balaban J connectivity index is 2.32. The van der Waals surface area contributed by atoms with Crippen molar-refractivity contribution in [3.05, 3.63) is 59.2 Å². The third kappa shape index (κ3) is 4.16. The summed E-state index contributed by atoms with van der Waals surface area (Å²) in [5.41, 5.74) is 1.02. The van der Waals surface area contributed by atoms with Crippen LogP contribution in [0.3, 0.4) is 0 Å². The lowest BCUT2D eigenvalue weighted by molar-refractivity contribution is 0.0696. The molecule has 0 saturated carbocycles. The molecule has 7 nitrogen and oxygen atoms in total. The molecule has 0 aliphatic rings. The number of nitrogens with zero attached hydrogens (tertiary/aromatic N) is 1. The molecule has 0 bridgehead atoms. The van der Waals surface area contributed by atoms with Crippen LogP contribution in [-0.4, -0.2) is 44.4 Å². The van der Waals surface area contributed by atoms with Gasteiger partial charge < -0.3 is 10.0 Å². The van der Waals surface area contributed by atoms with Crippen LogP contribution in [0.5, 0.6) is 0 Å². The molecule has 0 aliphatic carbocycles. The molecule has 0 unspecified atom stereocenters. The van der Waals surface area contributed by atoms with E-state index in [-0.39, 0.29) is 22.1 Å². The second kappa shape index (κ2) is 6.94. The summed E-state index contributed by atoms with van der Waals surface area (Å²) in [6, 6.07) is 9.88. The fourth-order valence-corrected chi connectivity index (χ4v) is 3.50. The van der Waals surface area contributed by atoms with E-state index in [9.17, 15) is 18.0 Å². The van der Waals surface area contributed by atoms with E-state index >= 15 is 0 Å². The van der Waals surface area contributed by atoms with Crippen LogP contribution in [0.15, 0.2) is 47.4 Å². The molecule has 0 fully saturated rings. The lowest BCUT2D eigenvalue weighted by Crippen LogP contribution is -2.21. The van der Waals surface area contributed by atoms with Gasteiger partial charge in [-0.1, -0.05) is 6.07 Å². The first-order valence-electron chi connectivity index (χ1n) is 7.30. The Morgan fingerprint density at radius 1 is 1.00 bits per heavy atom. The summed E-state index contributed by atoms with van der Waals surface area (Å²) in [4.78, 5) is 24.2. The fourth-order valence-electron chi connectivity index (χ4n) is 2.17. The summed E-state index contributed by atoms with van der Waals surface area (Å²) in [5, 5.41) is 9.03. The van der Waals surface area contributed by atoms with Gasteiger partial charge in [-0.15, -0.1) is 0 Å². The highest BCUT2D eigenvalue weighted by atomic mass is 32.2. The number of hydrogen-bond donors (Lipinski definition) is 2. The quantitative estimate of drug-likeness (QED) is 0.848. The normalized spacial score (nSPS) is 11.0. The maximum absolute atomic E-state index is 12.5. The van der Waals surface area contributed by atoms with Gasteiger partial charge in [0.1, 0.15) is 0 Å². The molecule has 2 aromatic carbocycles. The zero-order chi connectivity index (χ0) is 18.8. The van der Waals surface area contributed by atoms with Crippen molar-refractivity contribution >= 4 is 27.6 Å². The number of benzene rings is 2. The average Bonchev–Trinajstić information content (AvgIpc) is 2.54. The first-order valence-corrected chi connectivity index (χ1v) is 8.78. The average molecular weight is 362 g/mol. The van der Waals surface area contributed by atoms with Gasteiger partial charge in [0.15, 0.2) is 0 Å². The van der Waals surface area contributed by atoms with Gasteiger partial charge in [0.2, 0.25) is 0 Å². The first-order chi connectivity index (χ1) is 11.6. The van der Waals surface area contributed by atoms with Gasteiger partial charge in [-0.25, -0.2) is 13.2 Å². The van der Waals surface area contributed by atoms with Crippen molar-refractivity contribution in [2.45, 2.75) is 11.8 Å². The number of rotatable bonds is 5. The number of carboxylic acid groups (broad SMARTS) is 1. The first kappa shape index (κ1) is 18.5. The number of carbonyl (C=O) groups excluding carboxylic acids is 1. The number of aromatic carboxylic acids is 1. The number of amides is 1. The van der Waals surface area contributed by atoms with Gasteiger partial charge in [-0.3, -0.25) is 9.52 Å². The lowest BCUT2D eigenvalue weighted by Gasteiger charge is -2.13. The predicted molar refractivity (Wildman–Crippen MR) is 93.4 cm³/mol. The second-order valence-corrected chi connectivity index (χ2v) is 7.32. The van der Waals surface area contributed by atoms with E-state index in [1.807, 2.05) is 0 Å². The van der Waals surface area contributed by atoms with E-state index in [0.717, 1.165) is 6.07 Å². The second-order valence-electron chi connectivity index (χ2n) is 5.67. The summed E-state index contributed by atoms with van der Waals surface area (Å²) in [5.74, 6) is -1.40. The standard InChI is InChI=1S/C17H18N2O5S/c1-11-4-5-13(17(21)22)10-15(11)25(23,24)18-14-8-6-12(7-9-14)16(20)19(2)3/h4-10,18H,1-3H3,(H,21,22). The van der Waals surface area contributed by atoms with Crippen molar-refractivity contribution in [3.8, 4) is 0 Å². The minimum absolute atomic E-state index is 0.110. The van der Waals surface area contributed by atoms with Crippen LogP contribution >= 0.6 is 0 Å². The van der Waals surface area contributed by atoms with Crippen molar-refractivity contribution in [1.29, 1.82) is 0 Å². The summed E-state index contributed by atoms with van der Waals surface area (Å²) in [6.45, 7) is 1.58. The van der Waals surface area contributed by atoms with Crippen LogP contribution < -0.4 is 4.72 Å². The van der Waals surface area contributed by atoms with Crippen LogP contribution in [0.2, 0.25) is 0 Å². The predicted octanol–water partition coefficient (Wildman–Crippen LogP) is 2.20. The van der Waals surface area contributed by atoms with Gasteiger partial charge in [0, 0.05) is 25.3 Å². The van der Waals surface area contributed by atoms with Crippen LogP contribution in [0.4, 0.5) is 5.69 Å². The SMILES string of the molecule is Cc1ccc(C(=O)O)cc1S(=O)(=O)Nc1ccc(C(=O)N(C)C)cc1. The number of anilines is 1. The number of hydrogen-bond acceptors (Lipinski definition) is 4. The lowest BCUT2D eigenvalue weighted by atomic mass is 10.1. The molecule has 25 heavy (non-hydrogen) atoms. The van der Waals surface area contributed by atoms with E-state index in [4.69, 9.17) is 5.11 Å². The molecular weight excluding hydrogens is 344 g/mol. The van der Waals surface area contributed by atoms with Crippen molar-refractivity contribution in [2.24, 2.45) is 0 Å². The molecule has 2 aromatic rings. The monoisotopic (exact) mass is 362 g/mol. The Hall–Kier alpha value is -2.87. The number of nitrogens with one attached hydrogen (secondary N) is 1. The van der Waals surface area contributed by atoms with Gasteiger partial charge in [-0.2, -0.15) is 0 Å². The van der Waals surface area contributed by atoms with Crippen molar-refractivity contribution < 1.29 is 23.1 Å². The molecule has 132 valence electrons. The third-order valence-electron chi connectivity index (χ3n) is 3.51. The van der Waals surface area contributed by atoms with E-state index < -0.39 is 16.0 Å². The highest BCUT2D eigenvalue weighted by Gasteiger charge is 2.19. The largest absolute Gasteiger partial charge is 0.478 e. The smallest absolute Gasteiger partial charge is 0.335 e. The molecular formula is C17H18N2O5S. The van der Waals surface area contributed by atoms with E-state index in [1.54, 1.807) is 21.0 Å². The van der Waals surface area contributed by atoms with Crippen LogP contribution in [-0.2, 0) is 10.0 Å². The summed E-state index contributed by atoms with van der Waals surface area (Å²) < 4.78 is 27.5. The molecule has 0 spiro atoms. The fraction of sp³-hybridized carbons (Fsp3) is 0.176. The Kier molecular flexibility index (Phi) is 5.13. The Morgan fingerprint density at radius 3 is 2.08 bits per heavy atom. The topological polar surface area (TPSA) is 104 Å². The van der Waals surface area contributed by atoms with E-state index in [1.165, 1.54) is 41.3 Å². The molecule has 0 atom stereocenters. The Labute approximate surface area is 146 Å². The van der Waals surface area contributed by atoms with E-state index in [2.05, 4.69) is 4.72 Å². The summed E-state index contributed by atoms with van der Waals surface area (Å²) in [7, 11) is -0.714. The third-order valence-corrected chi connectivity index (χ3v) is 5.04. The Bertz CT molecular complexity index is 919. The van der Waals surface area contributed by atoms with Gasteiger partial charge in [-0.05, 0) is 48.9 Å². The van der Waals surface area contributed by atoms with Crippen molar-refractivity contribution in [2.75, 3.05) is 18.8 Å². The molecule has 0 saturated heterocycles. The zero-order valence-electron chi connectivity index (χ0n) is 14.0. The van der Waals surface area contributed by atoms with E-state index in [0.29, 0.717) is 11.1 Å². The highest BCUT2D eigenvalue weighted by molar-refractivity contribution is 7.92. The van der Waals surface area contributed by atoms with Gasteiger partial charge in [0.25, 0.3) is 15.9 Å². The van der Waals surface area contributed by atoms with Gasteiger partial charge in [0.05, 0.1) is 10.5 Å². The zero-order valence-corrected chi connectivity index (χ0v) is 14.8. The molecule has 0 aromatic heterocycles. The van der Waals surface area contributed by atoms with Crippen LogP contribution in [0.25, 0.3) is 0 Å². The minimum atomic E-state index is -3.96. The van der Waals surface area contributed by atoms with Crippen LogP contribution in [0, 0.1) is 6.92 Å². The maximum Gasteiger partial charge on any atom is 0.335 e.